The maximum atomic E-state index is 11.8. The van der Waals surface area contributed by atoms with E-state index in [4.69, 9.17) is 14.2 Å². The van der Waals surface area contributed by atoms with Gasteiger partial charge in [0.1, 0.15) is 0 Å². The second-order valence-electron chi connectivity index (χ2n) is 8.56. The van der Waals surface area contributed by atoms with Crippen molar-refractivity contribution in [2.45, 2.75) is 76.4 Å². The van der Waals surface area contributed by atoms with E-state index in [0.29, 0.717) is 62.9 Å². The van der Waals surface area contributed by atoms with E-state index in [0.717, 1.165) is 31.1 Å². The van der Waals surface area contributed by atoms with E-state index in [9.17, 15) is 9.59 Å². The first-order valence-electron chi connectivity index (χ1n) is 10.1. The largest absolute Gasteiger partial charge is 0.465 e. The quantitative estimate of drug-likeness (QED) is 0.363. The van der Waals surface area contributed by atoms with Gasteiger partial charge in [0.2, 0.25) is 0 Å². The van der Waals surface area contributed by atoms with Gasteiger partial charge in [-0.15, -0.1) is 0 Å². The molecule has 1 aliphatic heterocycles. The molecule has 140 valence electrons. The Hall–Kier alpha value is -1.10. The van der Waals surface area contributed by atoms with Crippen LogP contribution in [0.1, 0.15) is 64.2 Å². The topological polar surface area (TPSA) is 65.1 Å². The summed E-state index contributed by atoms with van der Waals surface area (Å²) in [5.41, 5.74) is 0. The summed E-state index contributed by atoms with van der Waals surface area (Å²) in [7, 11) is 0. The third-order valence-corrected chi connectivity index (χ3v) is 6.43. The normalized spacial score (nSPS) is 37.8. The van der Waals surface area contributed by atoms with Crippen molar-refractivity contribution in [3.63, 3.8) is 0 Å². The van der Waals surface area contributed by atoms with Gasteiger partial charge in [0.05, 0.1) is 25.4 Å². The minimum absolute atomic E-state index is 0.116. The molecule has 1 saturated heterocycles. The minimum atomic E-state index is -0.141. The molecule has 5 heteroatoms. The minimum Gasteiger partial charge on any atom is -0.465 e. The second-order valence-corrected chi connectivity index (χ2v) is 8.56. The van der Waals surface area contributed by atoms with E-state index in [1.54, 1.807) is 0 Å². The molecule has 0 aromatic heterocycles. The van der Waals surface area contributed by atoms with Crippen molar-refractivity contribution < 1.29 is 23.8 Å². The lowest BCUT2D eigenvalue weighted by atomic mass is 9.90. The number of esters is 2. The van der Waals surface area contributed by atoms with Crippen molar-refractivity contribution in [3.8, 4) is 0 Å². The van der Waals surface area contributed by atoms with Crippen LogP contribution in [0.15, 0.2) is 0 Å². The molecule has 0 bridgehead atoms. The first-order chi connectivity index (χ1) is 12.2. The fourth-order valence-electron chi connectivity index (χ4n) is 4.72. The third kappa shape index (κ3) is 4.96. The van der Waals surface area contributed by atoms with Gasteiger partial charge in [-0.05, 0) is 75.0 Å². The molecule has 0 aromatic carbocycles. The summed E-state index contributed by atoms with van der Waals surface area (Å²) in [6.45, 7) is 1.12. The van der Waals surface area contributed by atoms with Crippen LogP contribution < -0.4 is 0 Å². The summed E-state index contributed by atoms with van der Waals surface area (Å²) >= 11 is 0. The van der Waals surface area contributed by atoms with Gasteiger partial charge in [-0.1, -0.05) is 0 Å². The summed E-state index contributed by atoms with van der Waals surface area (Å²) in [6, 6.07) is 0. The predicted molar refractivity (Wildman–Crippen MR) is 90.7 cm³/mol. The Morgan fingerprint density at radius 3 is 2.04 bits per heavy atom. The summed E-state index contributed by atoms with van der Waals surface area (Å²) in [6.07, 6.45) is 10.3. The van der Waals surface area contributed by atoms with Gasteiger partial charge in [-0.3, -0.25) is 9.59 Å². The van der Waals surface area contributed by atoms with Crippen LogP contribution in [0.5, 0.6) is 0 Å². The van der Waals surface area contributed by atoms with Gasteiger partial charge in [-0.25, -0.2) is 0 Å². The lowest BCUT2D eigenvalue weighted by molar-refractivity contribution is -0.147. The third-order valence-electron chi connectivity index (χ3n) is 6.43. The van der Waals surface area contributed by atoms with Gasteiger partial charge in [0, 0.05) is 12.8 Å². The number of carbonyl (C=O) groups excluding carboxylic acids is 2. The van der Waals surface area contributed by atoms with Crippen LogP contribution in [0, 0.1) is 23.7 Å². The predicted octanol–water partition coefficient (Wildman–Crippen LogP) is 3.25. The van der Waals surface area contributed by atoms with Crippen LogP contribution in [0.3, 0.4) is 0 Å². The number of ether oxygens (including phenoxy) is 3. The standard InChI is InChI=1S/C20H30O5/c21-19(23-11-13-5-6-17-18(9-13)25-17)3-1-2-4-20(22)24-12-14-7-15-10-16(15)8-14/h13-18H,1-12H2/t13?,14?,15-,16?,17?,18?/m0/s1. The van der Waals surface area contributed by atoms with Crippen molar-refractivity contribution in [1.82, 2.24) is 0 Å². The highest BCUT2D eigenvalue weighted by atomic mass is 16.6. The molecule has 4 fully saturated rings. The lowest BCUT2D eigenvalue weighted by Crippen LogP contribution is -2.20. The number of carbonyl (C=O) groups is 2. The number of rotatable bonds is 9. The highest BCUT2D eigenvalue weighted by molar-refractivity contribution is 5.70. The van der Waals surface area contributed by atoms with Crippen LogP contribution in [0.25, 0.3) is 0 Å². The average molecular weight is 350 g/mol. The van der Waals surface area contributed by atoms with Crippen LogP contribution >= 0.6 is 0 Å². The van der Waals surface area contributed by atoms with E-state index in [2.05, 4.69) is 0 Å². The van der Waals surface area contributed by atoms with Crippen molar-refractivity contribution in [1.29, 1.82) is 0 Å². The van der Waals surface area contributed by atoms with Crippen molar-refractivity contribution in [2.24, 2.45) is 23.7 Å². The van der Waals surface area contributed by atoms with Gasteiger partial charge in [-0.2, -0.15) is 0 Å². The van der Waals surface area contributed by atoms with Crippen molar-refractivity contribution >= 4 is 11.9 Å². The molecule has 0 N–H and O–H groups in total. The Kier molecular flexibility index (Phi) is 5.30. The zero-order valence-electron chi connectivity index (χ0n) is 15.0. The summed E-state index contributed by atoms with van der Waals surface area (Å²) in [5.74, 6) is 2.67. The monoisotopic (exact) mass is 350 g/mol. The summed E-state index contributed by atoms with van der Waals surface area (Å²) in [5, 5.41) is 0. The van der Waals surface area contributed by atoms with Gasteiger partial charge in [0.15, 0.2) is 0 Å². The molecule has 25 heavy (non-hydrogen) atoms. The Morgan fingerprint density at radius 2 is 1.40 bits per heavy atom. The molecule has 0 amide bonds. The van der Waals surface area contributed by atoms with Gasteiger partial charge in [0.25, 0.3) is 0 Å². The Balaban J connectivity index is 0.989. The highest BCUT2D eigenvalue weighted by Crippen LogP contribution is 2.54. The number of unbranched alkanes of at least 4 members (excludes halogenated alkanes) is 1. The highest BCUT2D eigenvalue weighted by Gasteiger charge is 2.46. The molecule has 5 unspecified atom stereocenters. The zero-order valence-corrected chi connectivity index (χ0v) is 15.0. The molecule has 3 saturated carbocycles. The number of hydrogen-bond donors (Lipinski definition) is 0. The van der Waals surface area contributed by atoms with Crippen LogP contribution in [-0.4, -0.2) is 37.4 Å². The molecule has 5 nitrogen and oxygen atoms in total. The molecule has 4 rings (SSSR count). The molecule has 6 atom stereocenters. The Labute approximate surface area is 149 Å². The van der Waals surface area contributed by atoms with Crippen molar-refractivity contribution in [2.75, 3.05) is 13.2 Å². The Morgan fingerprint density at radius 1 is 0.760 bits per heavy atom. The van der Waals surface area contributed by atoms with Gasteiger partial charge >= 0.3 is 11.9 Å². The number of epoxide rings is 1. The summed E-state index contributed by atoms with van der Waals surface area (Å²) in [4.78, 5) is 23.5. The fourth-order valence-corrected chi connectivity index (χ4v) is 4.72. The van der Waals surface area contributed by atoms with E-state index in [-0.39, 0.29) is 11.9 Å². The van der Waals surface area contributed by atoms with E-state index in [1.807, 2.05) is 0 Å². The first kappa shape index (κ1) is 17.3. The molecule has 0 radical (unpaired) electrons. The Bertz CT molecular complexity index is 494. The SMILES string of the molecule is O=C(CCCCC(=O)OCC1CC2C[C@@H]2C1)OCC1CCC2OC2C1. The fraction of sp³-hybridized carbons (Fsp3) is 0.900. The molecule has 4 aliphatic rings. The van der Waals surface area contributed by atoms with Crippen molar-refractivity contribution in [3.05, 3.63) is 0 Å². The molecule has 1 heterocycles. The molecule has 0 aromatic rings. The smallest absolute Gasteiger partial charge is 0.305 e. The van der Waals surface area contributed by atoms with Gasteiger partial charge < -0.3 is 14.2 Å². The maximum Gasteiger partial charge on any atom is 0.305 e. The van der Waals surface area contributed by atoms with Crippen LogP contribution in [-0.2, 0) is 23.8 Å². The molecular weight excluding hydrogens is 320 g/mol. The van der Waals surface area contributed by atoms with Crippen LogP contribution in [0.2, 0.25) is 0 Å². The van der Waals surface area contributed by atoms with Crippen LogP contribution in [0.4, 0.5) is 0 Å². The van der Waals surface area contributed by atoms with E-state index >= 15 is 0 Å². The number of hydrogen-bond acceptors (Lipinski definition) is 5. The number of fused-ring (bicyclic) bond motifs is 2. The van der Waals surface area contributed by atoms with E-state index in [1.165, 1.54) is 19.3 Å². The molecule has 0 spiro atoms. The molecule has 3 aliphatic carbocycles. The maximum absolute atomic E-state index is 11.8. The zero-order chi connectivity index (χ0) is 17.2. The second kappa shape index (κ2) is 7.65. The van der Waals surface area contributed by atoms with E-state index < -0.39 is 0 Å². The average Bonchev–Trinajstić information content (AvgIpc) is 3.51. The summed E-state index contributed by atoms with van der Waals surface area (Å²) < 4.78 is 16.2. The lowest BCUT2D eigenvalue weighted by Gasteiger charge is -2.18. The molecular formula is C20H30O5. The first-order valence-corrected chi connectivity index (χ1v) is 10.1.